The summed E-state index contributed by atoms with van der Waals surface area (Å²) in [4.78, 5) is 16.5. The van der Waals surface area contributed by atoms with E-state index in [0.717, 1.165) is 13.1 Å². The fourth-order valence-electron chi connectivity index (χ4n) is 2.89. The number of nitrogens with zero attached hydrogens (tertiary/aromatic N) is 2. The van der Waals surface area contributed by atoms with Gasteiger partial charge >= 0.3 is 0 Å². The van der Waals surface area contributed by atoms with Gasteiger partial charge < -0.3 is 9.80 Å². The lowest BCUT2D eigenvalue weighted by Gasteiger charge is -2.32. The van der Waals surface area contributed by atoms with Crippen LogP contribution in [0.1, 0.15) is 15.9 Å². The monoisotopic (exact) mass is 391 g/mol. The quantitative estimate of drug-likeness (QED) is 0.842. The van der Waals surface area contributed by atoms with Gasteiger partial charge in [-0.1, -0.05) is 24.3 Å². The van der Waals surface area contributed by atoms with Gasteiger partial charge in [-0.25, -0.2) is 17.5 Å². The van der Waals surface area contributed by atoms with E-state index in [0.29, 0.717) is 18.7 Å². The van der Waals surface area contributed by atoms with Gasteiger partial charge in [-0.05, 0) is 31.3 Å². The molecule has 1 heterocycles. The third kappa shape index (κ3) is 4.71. The van der Waals surface area contributed by atoms with Crippen molar-refractivity contribution in [2.45, 2.75) is 11.4 Å². The van der Waals surface area contributed by atoms with Crippen molar-refractivity contribution < 1.29 is 17.6 Å². The lowest BCUT2D eigenvalue weighted by molar-refractivity contribution is 0.0664. The van der Waals surface area contributed by atoms with Gasteiger partial charge in [0.15, 0.2) is 0 Å². The lowest BCUT2D eigenvalue weighted by atomic mass is 10.2. The molecule has 6 nitrogen and oxygen atoms in total. The average Bonchev–Trinajstić information content (AvgIpc) is 2.67. The van der Waals surface area contributed by atoms with Crippen LogP contribution in [-0.2, 0) is 16.6 Å². The Bertz CT molecular complexity index is 925. The number of benzene rings is 2. The molecule has 1 fully saturated rings. The molecule has 1 amide bonds. The Kier molecular flexibility index (Phi) is 5.88. The Balaban J connectivity index is 1.74. The Morgan fingerprint density at radius 3 is 2.48 bits per heavy atom. The first-order valence-corrected chi connectivity index (χ1v) is 10.2. The zero-order valence-electron chi connectivity index (χ0n) is 15.1. The van der Waals surface area contributed by atoms with Crippen LogP contribution in [0.2, 0.25) is 0 Å². The largest absolute Gasteiger partial charge is 0.336 e. The van der Waals surface area contributed by atoms with Gasteiger partial charge in [-0.3, -0.25) is 4.79 Å². The highest BCUT2D eigenvalue weighted by atomic mass is 32.2. The second-order valence-corrected chi connectivity index (χ2v) is 8.31. The molecule has 0 atom stereocenters. The van der Waals surface area contributed by atoms with Crippen LogP contribution >= 0.6 is 0 Å². The molecular formula is C19H22FN3O3S. The maximum Gasteiger partial charge on any atom is 0.253 e. The molecular weight excluding hydrogens is 369 g/mol. The molecule has 27 heavy (non-hydrogen) atoms. The molecule has 0 unspecified atom stereocenters. The maximum atomic E-state index is 13.7. The van der Waals surface area contributed by atoms with E-state index in [2.05, 4.69) is 9.62 Å². The molecule has 144 valence electrons. The highest BCUT2D eigenvalue weighted by molar-refractivity contribution is 7.89. The van der Waals surface area contributed by atoms with Crippen molar-refractivity contribution in [1.29, 1.82) is 0 Å². The van der Waals surface area contributed by atoms with Crippen LogP contribution in [0.25, 0.3) is 0 Å². The van der Waals surface area contributed by atoms with Gasteiger partial charge in [-0.2, -0.15) is 0 Å². The minimum atomic E-state index is -3.87. The number of sulfonamides is 1. The van der Waals surface area contributed by atoms with Crippen molar-refractivity contribution >= 4 is 15.9 Å². The van der Waals surface area contributed by atoms with E-state index in [1.807, 2.05) is 7.05 Å². The zero-order chi connectivity index (χ0) is 19.4. The number of nitrogens with one attached hydrogen (secondary N) is 1. The first kappa shape index (κ1) is 19.5. The van der Waals surface area contributed by atoms with E-state index in [-0.39, 0.29) is 22.9 Å². The normalized spacial score (nSPS) is 15.7. The fraction of sp³-hybridized carbons (Fsp3) is 0.316. The van der Waals surface area contributed by atoms with E-state index in [9.17, 15) is 17.6 Å². The van der Waals surface area contributed by atoms with Gasteiger partial charge in [0.05, 0.1) is 4.90 Å². The van der Waals surface area contributed by atoms with Crippen LogP contribution in [0.3, 0.4) is 0 Å². The molecule has 1 aliphatic heterocycles. The van der Waals surface area contributed by atoms with E-state index in [1.165, 1.54) is 24.3 Å². The molecule has 0 bridgehead atoms. The highest BCUT2D eigenvalue weighted by Gasteiger charge is 2.22. The molecule has 3 rings (SSSR count). The van der Waals surface area contributed by atoms with Gasteiger partial charge in [0.1, 0.15) is 5.82 Å². The van der Waals surface area contributed by atoms with Crippen molar-refractivity contribution in [3.05, 3.63) is 65.5 Å². The van der Waals surface area contributed by atoms with Gasteiger partial charge in [0, 0.05) is 43.9 Å². The van der Waals surface area contributed by atoms with E-state index in [1.54, 1.807) is 29.2 Å². The van der Waals surface area contributed by atoms with Gasteiger partial charge in [0.2, 0.25) is 10.0 Å². The van der Waals surface area contributed by atoms with E-state index < -0.39 is 15.8 Å². The first-order valence-electron chi connectivity index (χ1n) is 8.68. The number of amides is 1. The van der Waals surface area contributed by atoms with Crippen molar-refractivity contribution in [2.75, 3.05) is 33.2 Å². The molecule has 0 aromatic heterocycles. The number of hydrogen-bond acceptors (Lipinski definition) is 4. The number of hydrogen-bond donors (Lipinski definition) is 1. The topological polar surface area (TPSA) is 69.7 Å². The fourth-order valence-corrected chi connectivity index (χ4v) is 3.94. The Labute approximate surface area is 158 Å². The smallest absolute Gasteiger partial charge is 0.253 e. The van der Waals surface area contributed by atoms with Gasteiger partial charge in [-0.15, -0.1) is 0 Å². The second kappa shape index (κ2) is 8.16. The van der Waals surface area contributed by atoms with Crippen molar-refractivity contribution in [3.63, 3.8) is 0 Å². The Morgan fingerprint density at radius 1 is 1.07 bits per heavy atom. The summed E-state index contributed by atoms with van der Waals surface area (Å²) in [7, 11) is -1.87. The number of likely N-dealkylation sites (N-methyl/N-ethyl adjacent to an activating group) is 1. The number of halogens is 1. The lowest BCUT2D eigenvalue weighted by Crippen LogP contribution is -2.47. The molecule has 1 N–H and O–H groups in total. The summed E-state index contributed by atoms with van der Waals surface area (Å²) in [5.41, 5.74) is 0.582. The average molecular weight is 391 g/mol. The second-order valence-electron chi connectivity index (χ2n) is 6.54. The van der Waals surface area contributed by atoms with Gasteiger partial charge in [0.25, 0.3) is 5.91 Å². The molecule has 2 aromatic carbocycles. The molecule has 0 radical (unpaired) electrons. The molecule has 1 saturated heterocycles. The first-order chi connectivity index (χ1) is 12.9. The number of piperazine rings is 1. The summed E-state index contributed by atoms with van der Waals surface area (Å²) in [6.07, 6.45) is 0. The molecule has 1 aliphatic rings. The summed E-state index contributed by atoms with van der Waals surface area (Å²) in [5, 5.41) is 0. The van der Waals surface area contributed by atoms with Crippen LogP contribution in [0.4, 0.5) is 4.39 Å². The molecule has 0 aliphatic carbocycles. The van der Waals surface area contributed by atoms with Crippen LogP contribution < -0.4 is 4.72 Å². The molecule has 8 heteroatoms. The van der Waals surface area contributed by atoms with Crippen LogP contribution in [0.15, 0.2) is 53.4 Å². The maximum absolute atomic E-state index is 13.7. The summed E-state index contributed by atoms with van der Waals surface area (Å²) in [6, 6.07) is 11.9. The number of carbonyl (C=O) groups excluding carboxylic acids is 1. The molecule has 0 spiro atoms. The summed E-state index contributed by atoms with van der Waals surface area (Å²) in [6.45, 7) is 2.63. The summed E-state index contributed by atoms with van der Waals surface area (Å²) < 4.78 is 41.2. The molecule has 0 saturated carbocycles. The van der Waals surface area contributed by atoms with E-state index >= 15 is 0 Å². The predicted molar refractivity (Wildman–Crippen MR) is 100 cm³/mol. The Hall–Kier alpha value is -2.29. The van der Waals surface area contributed by atoms with Crippen LogP contribution in [0, 0.1) is 5.82 Å². The van der Waals surface area contributed by atoms with Crippen LogP contribution in [0.5, 0.6) is 0 Å². The number of rotatable bonds is 5. The van der Waals surface area contributed by atoms with Crippen molar-refractivity contribution in [1.82, 2.24) is 14.5 Å². The minimum Gasteiger partial charge on any atom is -0.336 e. The molecule has 2 aromatic rings. The zero-order valence-corrected chi connectivity index (χ0v) is 15.9. The Morgan fingerprint density at radius 2 is 1.78 bits per heavy atom. The predicted octanol–water partition coefficient (Wildman–Crippen LogP) is 1.69. The van der Waals surface area contributed by atoms with Crippen LogP contribution in [-0.4, -0.2) is 57.4 Å². The number of carbonyl (C=O) groups is 1. The van der Waals surface area contributed by atoms with E-state index in [4.69, 9.17) is 0 Å². The summed E-state index contributed by atoms with van der Waals surface area (Å²) in [5.74, 6) is -0.659. The third-order valence-corrected chi connectivity index (χ3v) is 5.99. The highest BCUT2D eigenvalue weighted by Crippen LogP contribution is 2.15. The SMILES string of the molecule is CN1CCN(C(=O)c2cccc(S(=O)(=O)NCc3ccccc3F)c2)CC1. The summed E-state index contributed by atoms with van der Waals surface area (Å²) >= 11 is 0. The minimum absolute atomic E-state index is 0.0150. The van der Waals surface area contributed by atoms with Crippen molar-refractivity contribution in [3.8, 4) is 0 Å². The third-order valence-electron chi connectivity index (χ3n) is 4.59. The standard InChI is InChI=1S/C19H22FN3O3S/c1-22-9-11-23(12-10-22)19(24)15-6-4-7-17(13-15)27(25,26)21-14-16-5-2-3-8-18(16)20/h2-8,13,21H,9-12,14H2,1H3. The van der Waals surface area contributed by atoms with Crippen molar-refractivity contribution in [2.24, 2.45) is 0 Å².